The summed E-state index contributed by atoms with van der Waals surface area (Å²) in [7, 11) is -0.0343. The van der Waals surface area contributed by atoms with E-state index in [1.807, 2.05) is 11.9 Å². The molecule has 4 rings (SSSR count). The minimum Gasteiger partial charge on any atom is -0.339 e. The van der Waals surface area contributed by atoms with E-state index < -0.39 is 10.0 Å². The number of sulfonamides is 1. The van der Waals surface area contributed by atoms with Crippen LogP contribution in [-0.2, 0) is 17.1 Å². The van der Waals surface area contributed by atoms with Gasteiger partial charge in [0.05, 0.1) is 29.3 Å². The molecule has 1 unspecified atom stereocenters. The summed E-state index contributed by atoms with van der Waals surface area (Å²) in [5.74, 6) is -0.125. The lowest BCUT2D eigenvalue weighted by molar-refractivity contribution is 0.0694. The van der Waals surface area contributed by atoms with E-state index in [4.69, 9.17) is 0 Å². The van der Waals surface area contributed by atoms with Crippen LogP contribution in [0.25, 0.3) is 0 Å². The number of carbonyl (C=O) groups is 1. The Bertz CT molecular complexity index is 1040. The Hall–Kier alpha value is -2.20. The number of nitrogens with one attached hydrogen (secondary N) is 1. The van der Waals surface area contributed by atoms with E-state index >= 15 is 0 Å². The van der Waals surface area contributed by atoms with Crippen molar-refractivity contribution in [1.29, 1.82) is 0 Å². The molecule has 0 spiro atoms. The maximum absolute atomic E-state index is 13.2. The fraction of sp³-hybridized carbons (Fsp3) is 0.667. The van der Waals surface area contributed by atoms with Crippen LogP contribution in [-0.4, -0.2) is 69.7 Å². The average Bonchev–Trinajstić information content (AvgIpc) is 3.41. The highest BCUT2D eigenvalue weighted by Gasteiger charge is 2.35. The van der Waals surface area contributed by atoms with Crippen molar-refractivity contribution in [1.82, 2.24) is 29.2 Å². The summed E-state index contributed by atoms with van der Waals surface area (Å²) in [5, 5.41) is 11.3. The summed E-state index contributed by atoms with van der Waals surface area (Å²) in [6.07, 6.45) is 10.2. The normalized spacial score (nSPS) is 21.3. The van der Waals surface area contributed by atoms with E-state index in [1.165, 1.54) is 16.9 Å². The van der Waals surface area contributed by atoms with Crippen molar-refractivity contribution in [3.8, 4) is 0 Å². The van der Waals surface area contributed by atoms with Crippen LogP contribution in [0.3, 0.4) is 0 Å². The molecule has 1 atom stereocenters. The number of aromatic amines is 1. The van der Waals surface area contributed by atoms with Crippen molar-refractivity contribution in [3.05, 3.63) is 29.3 Å². The Labute approximate surface area is 183 Å². The van der Waals surface area contributed by atoms with Crippen molar-refractivity contribution >= 4 is 15.9 Å². The van der Waals surface area contributed by atoms with Gasteiger partial charge in [-0.05, 0) is 32.6 Å². The number of hydrogen-bond donors (Lipinski definition) is 1. The van der Waals surface area contributed by atoms with Crippen LogP contribution in [0.4, 0.5) is 0 Å². The number of carbonyl (C=O) groups excluding carboxylic acids is 1. The molecule has 1 amide bonds. The molecule has 2 aromatic rings. The zero-order valence-corrected chi connectivity index (χ0v) is 19.4. The van der Waals surface area contributed by atoms with Crippen LogP contribution in [0.1, 0.15) is 72.6 Å². The molecular weight excluding hydrogens is 416 g/mol. The molecule has 0 aromatic carbocycles. The number of piperidine rings is 1. The van der Waals surface area contributed by atoms with Crippen LogP contribution >= 0.6 is 0 Å². The van der Waals surface area contributed by atoms with E-state index in [1.54, 1.807) is 24.9 Å². The topological polar surface area (TPSA) is 104 Å². The third-order valence-corrected chi connectivity index (χ3v) is 8.91. The fourth-order valence-electron chi connectivity index (χ4n) is 4.87. The summed E-state index contributed by atoms with van der Waals surface area (Å²) in [6, 6.07) is 0.265. The highest BCUT2D eigenvalue weighted by Crippen LogP contribution is 2.32. The lowest BCUT2D eigenvalue weighted by Gasteiger charge is -2.33. The molecule has 0 radical (unpaired) electrons. The second kappa shape index (κ2) is 8.74. The van der Waals surface area contributed by atoms with Crippen LogP contribution in [0.5, 0.6) is 0 Å². The Kier molecular flexibility index (Phi) is 6.20. The third-order valence-electron chi connectivity index (χ3n) is 6.94. The van der Waals surface area contributed by atoms with Gasteiger partial charge in [-0.2, -0.15) is 14.5 Å². The van der Waals surface area contributed by atoms with E-state index in [2.05, 4.69) is 15.3 Å². The number of rotatable bonds is 5. The Morgan fingerprint density at radius 3 is 2.58 bits per heavy atom. The first-order chi connectivity index (χ1) is 14.8. The average molecular weight is 449 g/mol. The third kappa shape index (κ3) is 4.15. The predicted octanol–water partition coefficient (Wildman–Crippen LogP) is 2.42. The van der Waals surface area contributed by atoms with Crippen molar-refractivity contribution in [2.75, 3.05) is 20.1 Å². The van der Waals surface area contributed by atoms with Gasteiger partial charge in [-0.3, -0.25) is 14.6 Å². The summed E-state index contributed by atoms with van der Waals surface area (Å²) in [4.78, 5) is 15.3. The fourth-order valence-corrected chi connectivity index (χ4v) is 6.58. The minimum atomic E-state index is -3.64. The van der Waals surface area contributed by atoms with Crippen molar-refractivity contribution < 1.29 is 13.2 Å². The molecule has 31 heavy (non-hydrogen) atoms. The molecule has 2 aliphatic rings. The zero-order chi connectivity index (χ0) is 22.2. The second-order valence-electron chi connectivity index (χ2n) is 8.83. The van der Waals surface area contributed by atoms with Crippen LogP contribution in [0.15, 0.2) is 17.3 Å². The van der Waals surface area contributed by atoms with Gasteiger partial charge in [-0.1, -0.05) is 19.3 Å². The van der Waals surface area contributed by atoms with Gasteiger partial charge >= 0.3 is 0 Å². The summed E-state index contributed by atoms with van der Waals surface area (Å²) < 4.78 is 29.6. The maximum Gasteiger partial charge on any atom is 0.257 e. The highest BCUT2D eigenvalue weighted by atomic mass is 32.2. The highest BCUT2D eigenvalue weighted by molar-refractivity contribution is 7.89. The van der Waals surface area contributed by atoms with Gasteiger partial charge in [0.25, 0.3) is 5.91 Å². The van der Waals surface area contributed by atoms with Gasteiger partial charge in [-0.25, -0.2) is 8.42 Å². The molecule has 1 aliphatic heterocycles. The van der Waals surface area contributed by atoms with Gasteiger partial charge < -0.3 is 4.90 Å². The monoisotopic (exact) mass is 448 g/mol. The minimum absolute atomic E-state index is 0.0289. The van der Waals surface area contributed by atoms with Crippen LogP contribution in [0.2, 0.25) is 0 Å². The van der Waals surface area contributed by atoms with Crippen LogP contribution < -0.4 is 0 Å². The van der Waals surface area contributed by atoms with Gasteiger partial charge in [0, 0.05) is 39.1 Å². The number of aryl methyl sites for hydroxylation is 1. The molecule has 10 heteroatoms. The quantitative estimate of drug-likeness (QED) is 0.756. The van der Waals surface area contributed by atoms with Gasteiger partial charge in [-0.15, -0.1) is 0 Å². The van der Waals surface area contributed by atoms with E-state index in [0.29, 0.717) is 24.3 Å². The van der Waals surface area contributed by atoms with E-state index in [-0.39, 0.29) is 22.8 Å². The van der Waals surface area contributed by atoms with Gasteiger partial charge in [0.2, 0.25) is 10.0 Å². The lowest BCUT2D eigenvalue weighted by Crippen LogP contribution is -2.41. The molecule has 2 aromatic heterocycles. The molecule has 9 nitrogen and oxygen atoms in total. The smallest absolute Gasteiger partial charge is 0.257 e. The van der Waals surface area contributed by atoms with Crippen molar-refractivity contribution in [2.24, 2.45) is 7.05 Å². The summed E-state index contributed by atoms with van der Waals surface area (Å²) in [5.41, 5.74) is 1.93. The summed E-state index contributed by atoms with van der Waals surface area (Å²) in [6.45, 7) is 2.55. The Morgan fingerprint density at radius 2 is 1.90 bits per heavy atom. The molecule has 1 saturated heterocycles. The molecular formula is C21H32N6O3S. The molecule has 3 heterocycles. The van der Waals surface area contributed by atoms with Crippen molar-refractivity contribution in [3.63, 3.8) is 0 Å². The molecule has 1 aliphatic carbocycles. The first-order valence-electron chi connectivity index (χ1n) is 11.1. The number of amides is 1. The number of hydrogen-bond acceptors (Lipinski definition) is 5. The molecule has 2 fully saturated rings. The first kappa shape index (κ1) is 22.0. The van der Waals surface area contributed by atoms with Crippen molar-refractivity contribution in [2.45, 2.75) is 68.7 Å². The van der Waals surface area contributed by atoms with Gasteiger partial charge in [0.1, 0.15) is 4.90 Å². The Balaban J connectivity index is 1.54. The molecule has 1 N–H and O–H groups in total. The van der Waals surface area contributed by atoms with E-state index in [9.17, 15) is 13.2 Å². The zero-order valence-electron chi connectivity index (χ0n) is 18.5. The molecule has 1 saturated carbocycles. The number of aromatic nitrogens is 4. The SMILES string of the molecule is Cc1c(S(=O)(=O)N2CCCC(c3[nH]ncc3C(=O)N(C)C3CCCCC3)C2)cnn1C. The van der Waals surface area contributed by atoms with Crippen LogP contribution in [0, 0.1) is 6.92 Å². The summed E-state index contributed by atoms with van der Waals surface area (Å²) >= 11 is 0. The lowest BCUT2D eigenvalue weighted by atomic mass is 9.92. The largest absolute Gasteiger partial charge is 0.339 e. The second-order valence-corrected chi connectivity index (χ2v) is 10.7. The molecule has 170 valence electrons. The number of nitrogens with zero attached hydrogens (tertiary/aromatic N) is 5. The maximum atomic E-state index is 13.2. The van der Waals surface area contributed by atoms with E-state index in [0.717, 1.165) is 44.2 Å². The Morgan fingerprint density at radius 1 is 1.16 bits per heavy atom. The number of H-pyrrole nitrogens is 1. The standard InChI is InChI=1S/C21H32N6O3S/c1-15-19(13-23-26(15)3)31(29,30)27-11-7-8-16(14-27)20-18(12-22-24-20)21(28)25(2)17-9-5-4-6-10-17/h12-13,16-17H,4-11,14H2,1-3H3,(H,22,24). The molecule has 0 bridgehead atoms. The predicted molar refractivity (Wildman–Crippen MR) is 116 cm³/mol. The first-order valence-corrected chi connectivity index (χ1v) is 12.5. The van der Waals surface area contributed by atoms with Gasteiger partial charge in [0.15, 0.2) is 0 Å².